The van der Waals surface area contributed by atoms with E-state index in [1.54, 1.807) is 18.4 Å². The number of alkyl carbamates (subject to hydrolysis) is 1. The maximum atomic E-state index is 13.3. The van der Waals surface area contributed by atoms with Gasteiger partial charge in [-0.1, -0.05) is 13.0 Å². The molecule has 12 heteroatoms. The Balaban J connectivity index is 1.61. The Morgan fingerprint density at radius 3 is 2.76 bits per heavy atom. The topological polar surface area (TPSA) is 122 Å². The van der Waals surface area contributed by atoms with Gasteiger partial charge in [-0.2, -0.15) is 4.31 Å². The van der Waals surface area contributed by atoms with Gasteiger partial charge in [0.05, 0.1) is 12.2 Å². The summed E-state index contributed by atoms with van der Waals surface area (Å²) in [6, 6.07) is 2.32. The zero-order valence-electron chi connectivity index (χ0n) is 19.0. The molecule has 1 aliphatic heterocycles. The van der Waals surface area contributed by atoms with Crippen molar-refractivity contribution in [2.45, 2.75) is 56.2 Å². The maximum Gasteiger partial charge on any atom is 0.414 e. The van der Waals surface area contributed by atoms with Crippen LogP contribution < -0.4 is 10.6 Å². The number of carbonyl (C=O) groups excluding carboxylic acids is 3. The van der Waals surface area contributed by atoms with Crippen LogP contribution >= 0.6 is 22.7 Å². The number of hydrogen-bond acceptors (Lipinski definition) is 8. The molecule has 2 unspecified atom stereocenters. The van der Waals surface area contributed by atoms with Gasteiger partial charge >= 0.3 is 6.09 Å². The van der Waals surface area contributed by atoms with Gasteiger partial charge in [0.2, 0.25) is 5.91 Å². The molecule has 2 N–H and O–H groups in total. The predicted octanol–water partition coefficient (Wildman–Crippen LogP) is 3.61. The molecule has 3 heterocycles. The third-order valence-electron chi connectivity index (χ3n) is 6.03. The van der Waals surface area contributed by atoms with Gasteiger partial charge in [0, 0.05) is 11.4 Å². The summed E-state index contributed by atoms with van der Waals surface area (Å²) in [5.41, 5.74) is 1.09. The number of amides is 3. The number of anilines is 1. The van der Waals surface area contributed by atoms with Gasteiger partial charge in [0.15, 0.2) is 0 Å². The molecule has 1 saturated heterocycles. The minimum atomic E-state index is -3.79. The molecular formula is C22H27N3O6S3. The van der Waals surface area contributed by atoms with Crippen molar-refractivity contribution in [2.24, 2.45) is 5.92 Å². The molecule has 2 aromatic rings. The maximum absolute atomic E-state index is 13.3. The monoisotopic (exact) mass is 525 g/mol. The van der Waals surface area contributed by atoms with Crippen LogP contribution in [0.1, 0.15) is 53.9 Å². The summed E-state index contributed by atoms with van der Waals surface area (Å²) in [4.78, 5) is 39.1. The molecular weight excluding hydrogens is 498 g/mol. The number of sulfonamides is 1. The molecule has 1 fully saturated rings. The molecule has 0 saturated carbocycles. The van der Waals surface area contributed by atoms with E-state index in [0.29, 0.717) is 30.2 Å². The Kier molecular flexibility index (Phi) is 7.41. The third-order valence-corrected chi connectivity index (χ3v) is 10.5. The van der Waals surface area contributed by atoms with Gasteiger partial charge in [-0.25, -0.2) is 13.2 Å². The molecule has 184 valence electrons. The Labute approximate surface area is 206 Å². The fourth-order valence-corrected chi connectivity index (χ4v) is 8.60. The molecule has 3 amide bonds. The lowest BCUT2D eigenvalue weighted by atomic mass is 9.88. The number of thiophene rings is 2. The average molecular weight is 526 g/mol. The minimum Gasteiger partial charge on any atom is -0.450 e. The fraction of sp³-hybridized carbons (Fsp3) is 0.500. The minimum absolute atomic E-state index is 0.123. The summed E-state index contributed by atoms with van der Waals surface area (Å²) < 4.78 is 32.4. The number of fused-ring (bicyclic) bond motifs is 1. The van der Waals surface area contributed by atoms with Gasteiger partial charge in [0.25, 0.3) is 15.9 Å². The number of nitrogens with zero attached hydrogens (tertiary/aromatic N) is 1. The molecule has 0 aromatic carbocycles. The van der Waals surface area contributed by atoms with E-state index in [1.807, 2.05) is 0 Å². The van der Waals surface area contributed by atoms with Crippen molar-refractivity contribution in [2.75, 3.05) is 18.5 Å². The van der Waals surface area contributed by atoms with E-state index < -0.39 is 34.0 Å². The first-order valence-electron chi connectivity index (χ1n) is 11.2. The molecule has 1 aliphatic carbocycles. The molecule has 0 radical (unpaired) electrons. The van der Waals surface area contributed by atoms with Crippen LogP contribution in [0.5, 0.6) is 0 Å². The van der Waals surface area contributed by atoms with Crippen molar-refractivity contribution in [3.8, 4) is 0 Å². The van der Waals surface area contributed by atoms with Crippen LogP contribution in [0.3, 0.4) is 0 Å². The van der Waals surface area contributed by atoms with Crippen molar-refractivity contribution in [3.63, 3.8) is 0 Å². The van der Waals surface area contributed by atoms with E-state index in [2.05, 4.69) is 17.6 Å². The fourth-order valence-electron chi connectivity index (χ4n) is 4.41. The first-order valence-corrected chi connectivity index (χ1v) is 14.3. The lowest BCUT2D eigenvalue weighted by Crippen LogP contribution is -2.43. The second-order valence-corrected chi connectivity index (χ2v) is 12.6. The summed E-state index contributed by atoms with van der Waals surface area (Å²) >= 11 is 2.43. The average Bonchev–Trinajstić information content (AvgIpc) is 3.52. The molecule has 0 bridgehead atoms. The second kappa shape index (κ2) is 10.1. The molecule has 0 spiro atoms. The van der Waals surface area contributed by atoms with E-state index in [0.717, 1.165) is 34.6 Å². The number of hydrogen-bond donors (Lipinski definition) is 2. The van der Waals surface area contributed by atoms with Gasteiger partial charge in [-0.15, -0.1) is 22.7 Å². The second-order valence-electron chi connectivity index (χ2n) is 8.43. The lowest BCUT2D eigenvalue weighted by Gasteiger charge is -2.22. The van der Waals surface area contributed by atoms with Crippen LogP contribution in [0.25, 0.3) is 0 Å². The Morgan fingerprint density at radius 2 is 2.06 bits per heavy atom. The molecule has 4 rings (SSSR count). The van der Waals surface area contributed by atoms with Crippen molar-refractivity contribution in [1.82, 2.24) is 9.62 Å². The number of nitrogens with one attached hydrogen (secondary N) is 2. The molecule has 2 atom stereocenters. The van der Waals surface area contributed by atoms with Crippen LogP contribution in [0.15, 0.2) is 21.7 Å². The van der Waals surface area contributed by atoms with E-state index in [4.69, 9.17) is 4.74 Å². The highest BCUT2D eigenvalue weighted by Crippen LogP contribution is 2.40. The Hall–Kier alpha value is -2.28. The van der Waals surface area contributed by atoms with Crippen LogP contribution in [0, 0.1) is 5.92 Å². The lowest BCUT2D eigenvalue weighted by molar-refractivity contribution is -0.119. The smallest absolute Gasteiger partial charge is 0.414 e. The van der Waals surface area contributed by atoms with Gasteiger partial charge in [-0.3, -0.25) is 14.9 Å². The summed E-state index contributed by atoms with van der Waals surface area (Å²) in [5, 5.41) is 7.07. The SMILES string of the molecule is CCOC(=O)NC(=O)c1c(NC(=O)C2CCCN2S(=O)(=O)c2cccs2)sc2c1CCC(C)C2. The van der Waals surface area contributed by atoms with Crippen molar-refractivity contribution >= 4 is 55.6 Å². The summed E-state index contributed by atoms with van der Waals surface area (Å²) in [6.07, 6.45) is 2.44. The zero-order valence-corrected chi connectivity index (χ0v) is 21.4. The molecule has 34 heavy (non-hydrogen) atoms. The van der Waals surface area contributed by atoms with Crippen molar-refractivity contribution < 1.29 is 27.5 Å². The standard InChI is InChI=1S/C22H27N3O6S3/c1-3-31-22(28)24-20(27)18-14-9-8-13(2)12-16(14)33-21(18)23-19(26)15-6-4-10-25(15)34(29,30)17-7-5-11-32-17/h5,7,11,13,15H,3-4,6,8-10,12H2,1-2H3,(H,23,26)(H,24,27,28). The number of imide groups is 1. The quantitative estimate of drug-likeness (QED) is 0.594. The summed E-state index contributed by atoms with van der Waals surface area (Å²) in [5.74, 6) is -0.665. The Bertz CT molecular complexity index is 1190. The van der Waals surface area contributed by atoms with E-state index in [-0.39, 0.29) is 22.9 Å². The van der Waals surface area contributed by atoms with Gasteiger partial charge < -0.3 is 10.1 Å². The number of rotatable bonds is 6. The zero-order chi connectivity index (χ0) is 24.5. The highest BCUT2D eigenvalue weighted by atomic mass is 32.2. The van der Waals surface area contributed by atoms with E-state index in [9.17, 15) is 22.8 Å². The van der Waals surface area contributed by atoms with Crippen LogP contribution in [-0.2, 0) is 32.4 Å². The van der Waals surface area contributed by atoms with Crippen LogP contribution in [0.4, 0.5) is 9.80 Å². The Morgan fingerprint density at radius 1 is 1.26 bits per heavy atom. The van der Waals surface area contributed by atoms with E-state index in [1.165, 1.54) is 21.7 Å². The van der Waals surface area contributed by atoms with Gasteiger partial charge in [0.1, 0.15) is 15.3 Å². The predicted molar refractivity (Wildman–Crippen MR) is 130 cm³/mol. The molecule has 9 nitrogen and oxygen atoms in total. The van der Waals surface area contributed by atoms with Gasteiger partial charge in [-0.05, 0) is 62.0 Å². The van der Waals surface area contributed by atoms with E-state index >= 15 is 0 Å². The number of carbonyl (C=O) groups is 3. The third kappa shape index (κ3) is 4.90. The largest absolute Gasteiger partial charge is 0.450 e. The molecule has 2 aliphatic rings. The number of ether oxygens (including phenoxy) is 1. The highest BCUT2D eigenvalue weighted by molar-refractivity contribution is 7.91. The van der Waals surface area contributed by atoms with Crippen molar-refractivity contribution in [1.29, 1.82) is 0 Å². The highest BCUT2D eigenvalue weighted by Gasteiger charge is 2.40. The summed E-state index contributed by atoms with van der Waals surface area (Å²) in [6.45, 7) is 4.15. The first-order chi connectivity index (χ1) is 16.2. The normalized spacial score (nSPS) is 20.5. The van der Waals surface area contributed by atoms with Crippen LogP contribution in [0.2, 0.25) is 0 Å². The van der Waals surface area contributed by atoms with Crippen molar-refractivity contribution in [3.05, 3.63) is 33.5 Å². The van der Waals surface area contributed by atoms with Crippen LogP contribution in [-0.4, -0.2) is 49.8 Å². The first kappa shape index (κ1) is 24.8. The molecule has 2 aromatic heterocycles. The summed E-state index contributed by atoms with van der Waals surface area (Å²) in [7, 11) is -3.79.